The molecule has 0 atom stereocenters. The Morgan fingerprint density at radius 2 is 1.56 bits per heavy atom. The second kappa shape index (κ2) is 7.43. The molecule has 2 aromatic rings. The van der Waals surface area contributed by atoms with Gasteiger partial charge in [-0.2, -0.15) is 0 Å². The summed E-state index contributed by atoms with van der Waals surface area (Å²) in [5.41, 5.74) is 0.463. The van der Waals surface area contributed by atoms with E-state index in [1.54, 1.807) is 24.3 Å². The molecule has 25 heavy (non-hydrogen) atoms. The Hall–Kier alpha value is -3.42. The van der Waals surface area contributed by atoms with Crippen LogP contribution in [0.1, 0.15) is 12.5 Å². The second-order valence-corrected chi connectivity index (χ2v) is 5.42. The summed E-state index contributed by atoms with van der Waals surface area (Å²) < 4.78 is 2.23. The Morgan fingerprint density at radius 3 is 2.12 bits per heavy atom. The van der Waals surface area contributed by atoms with Crippen LogP contribution in [0.4, 0.5) is 11.4 Å². The molecule has 0 aliphatic carbocycles. The van der Waals surface area contributed by atoms with Gasteiger partial charge in [-0.1, -0.05) is 0 Å². The molecule has 0 saturated carbocycles. The van der Waals surface area contributed by atoms with Gasteiger partial charge < -0.3 is 15.2 Å². The van der Waals surface area contributed by atoms with Crippen LogP contribution in [-0.4, -0.2) is 20.9 Å². The number of hydrogen-bond donors (Lipinski definition) is 2. The number of amides is 2. The molecule has 8 nitrogen and oxygen atoms in total. The first-order chi connectivity index (χ1) is 11.8. The molecule has 0 radical (unpaired) electrons. The number of aryl methyl sites for hydroxylation is 1. The van der Waals surface area contributed by atoms with Crippen molar-refractivity contribution in [3.63, 3.8) is 0 Å². The number of aromatic nitrogens is 2. The first-order valence-corrected chi connectivity index (χ1v) is 7.41. The quantitative estimate of drug-likeness (QED) is 0.798. The zero-order valence-corrected chi connectivity index (χ0v) is 14.1. The number of anilines is 2. The lowest BCUT2D eigenvalue weighted by Gasteiger charge is -2.05. The lowest BCUT2D eigenvalue weighted by molar-refractivity contribution is -0.114. The maximum absolute atomic E-state index is 12.0. The van der Waals surface area contributed by atoms with Crippen molar-refractivity contribution < 1.29 is 9.59 Å². The van der Waals surface area contributed by atoms with Crippen LogP contribution in [0.3, 0.4) is 0 Å². The number of benzene rings is 1. The topological polar surface area (TPSA) is 102 Å². The lowest BCUT2D eigenvalue weighted by Crippen LogP contribution is -2.37. The van der Waals surface area contributed by atoms with Gasteiger partial charge in [-0.05, 0) is 30.3 Å². The highest BCUT2D eigenvalue weighted by Gasteiger charge is 2.05. The summed E-state index contributed by atoms with van der Waals surface area (Å²) in [4.78, 5) is 46.5. The van der Waals surface area contributed by atoms with E-state index < -0.39 is 17.2 Å². The maximum Gasteiger partial charge on any atom is 0.330 e. The molecule has 1 heterocycles. The van der Waals surface area contributed by atoms with Crippen molar-refractivity contribution in [3.8, 4) is 0 Å². The number of nitrogens with one attached hydrogen (secondary N) is 2. The van der Waals surface area contributed by atoms with Crippen LogP contribution in [0.15, 0.2) is 46.1 Å². The van der Waals surface area contributed by atoms with Crippen molar-refractivity contribution in [2.45, 2.75) is 6.92 Å². The third-order valence-corrected chi connectivity index (χ3v) is 3.36. The normalized spacial score (nSPS) is 10.7. The van der Waals surface area contributed by atoms with Crippen molar-refractivity contribution in [3.05, 3.63) is 62.9 Å². The predicted molar refractivity (Wildman–Crippen MR) is 95.3 cm³/mol. The molecule has 0 aliphatic rings. The predicted octanol–water partition coefficient (Wildman–Crippen LogP) is 0.694. The Balaban J connectivity index is 2.10. The zero-order chi connectivity index (χ0) is 18.6. The largest absolute Gasteiger partial charge is 0.330 e. The molecule has 130 valence electrons. The number of hydrogen-bond acceptors (Lipinski definition) is 4. The summed E-state index contributed by atoms with van der Waals surface area (Å²) in [6, 6.07) is 6.59. The van der Waals surface area contributed by atoms with Gasteiger partial charge in [0.2, 0.25) is 11.8 Å². The molecule has 1 aromatic carbocycles. The summed E-state index contributed by atoms with van der Waals surface area (Å²) >= 11 is 0. The third kappa shape index (κ3) is 4.54. The molecule has 2 N–H and O–H groups in total. The van der Waals surface area contributed by atoms with Gasteiger partial charge in [0.05, 0.1) is 5.56 Å². The Kier molecular flexibility index (Phi) is 5.33. The third-order valence-electron chi connectivity index (χ3n) is 3.36. The molecule has 0 saturated heterocycles. The first kappa shape index (κ1) is 17.9. The van der Waals surface area contributed by atoms with Crippen molar-refractivity contribution >= 4 is 29.3 Å². The van der Waals surface area contributed by atoms with Gasteiger partial charge >= 0.3 is 5.69 Å². The van der Waals surface area contributed by atoms with E-state index >= 15 is 0 Å². The number of rotatable bonds is 4. The van der Waals surface area contributed by atoms with Gasteiger partial charge in [0.1, 0.15) is 0 Å². The van der Waals surface area contributed by atoms with E-state index in [-0.39, 0.29) is 11.5 Å². The Bertz CT molecular complexity index is 952. The summed E-state index contributed by atoms with van der Waals surface area (Å²) in [7, 11) is 2.90. The summed E-state index contributed by atoms with van der Waals surface area (Å²) in [5, 5.41) is 5.26. The van der Waals surface area contributed by atoms with E-state index in [9.17, 15) is 19.2 Å². The minimum absolute atomic E-state index is 0.182. The summed E-state index contributed by atoms with van der Waals surface area (Å²) in [6.07, 6.45) is 3.93. The highest BCUT2D eigenvalue weighted by Crippen LogP contribution is 2.13. The molecule has 1 aromatic heterocycles. The van der Waals surface area contributed by atoms with Gasteiger partial charge in [0, 0.05) is 44.7 Å². The highest BCUT2D eigenvalue weighted by atomic mass is 16.2. The SMILES string of the molecule is CC(=O)Nc1ccc(NC(=O)/C=C/c2cn(C)c(=O)n(C)c2=O)cc1. The van der Waals surface area contributed by atoms with Crippen molar-refractivity contribution in [2.75, 3.05) is 10.6 Å². The van der Waals surface area contributed by atoms with Gasteiger partial charge in [-0.25, -0.2) is 4.79 Å². The maximum atomic E-state index is 12.0. The van der Waals surface area contributed by atoms with E-state index in [1.807, 2.05) is 0 Å². The monoisotopic (exact) mass is 342 g/mol. The molecule has 2 amide bonds. The van der Waals surface area contributed by atoms with E-state index in [2.05, 4.69) is 10.6 Å². The smallest absolute Gasteiger partial charge is 0.326 e. The van der Waals surface area contributed by atoms with Crippen molar-refractivity contribution in [1.82, 2.24) is 9.13 Å². The molecule has 0 fully saturated rings. The van der Waals surface area contributed by atoms with E-state index in [1.165, 1.54) is 43.9 Å². The average Bonchev–Trinajstić information content (AvgIpc) is 2.56. The van der Waals surface area contributed by atoms with E-state index in [0.29, 0.717) is 11.4 Å². The molecule has 0 bridgehead atoms. The van der Waals surface area contributed by atoms with Gasteiger partial charge in [0.15, 0.2) is 0 Å². The molecular weight excluding hydrogens is 324 g/mol. The van der Waals surface area contributed by atoms with Crippen LogP contribution in [0.5, 0.6) is 0 Å². The standard InChI is InChI=1S/C17H18N4O4/c1-11(22)18-13-5-7-14(8-6-13)19-15(23)9-4-12-10-20(2)17(25)21(3)16(12)24/h4-10H,1-3H3,(H,18,22)(H,19,23)/b9-4+. The molecule has 0 spiro atoms. The van der Waals surface area contributed by atoms with E-state index in [4.69, 9.17) is 0 Å². The number of nitrogens with zero attached hydrogens (tertiary/aromatic N) is 2. The van der Waals surface area contributed by atoms with Gasteiger partial charge in [-0.15, -0.1) is 0 Å². The van der Waals surface area contributed by atoms with Crippen molar-refractivity contribution in [2.24, 2.45) is 14.1 Å². The second-order valence-electron chi connectivity index (χ2n) is 5.42. The molecule has 8 heteroatoms. The molecular formula is C17H18N4O4. The zero-order valence-electron chi connectivity index (χ0n) is 14.1. The van der Waals surface area contributed by atoms with Crippen LogP contribution in [0, 0.1) is 0 Å². The van der Waals surface area contributed by atoms with Gasteiger partial charge in [0.25, 0.3) is 5.56 Å². The van der Waals surface area contributed by atoms with Crippen LogP contribution < -0.4 is 21.9 Å². The number of carbonyl (C=O) groups is 2. The minimum atomic E-state index is -0.480. The van der Waals surface area contributed by atoms with Crippen LogP contribution >= 0.6 is 0 Å². The Labute approximate surface area is 143 Å². The molecule has 0 unspecified atom stereocenters. The van der Waals surface area contributed by atoms with Gasteiger partial charge in [-0.3, -0.25) is 19.0 Å². The first-order valence-electron chi connectivity index (χ1n) is 7.41. The fourth-order valence-electron chi connectivity index (χ4n) is 2.14. The highest BCUT2D eigenvalue weighted by molar-refractivity contribution is 6.02. The summed E-state index contributed by atoms with van der Waals surface area (Å²) in [6.45, 7) is 1.41. The lowest BCUT2D eigenvalue weighted by atomic mass is 10.2. The number of carbonyl (C=O) groups excluding carboxylic acids is 2. The van der Waals surface area contributed by atoms with Crippen LogP contribution in [0.25, 0.3) is 6.08 Å². The average molecular weight is 342 g/mol. The molecule has 2 rings (SSSR count). The minimum Gasteiger partial charge on any atom is -0.326 e. The van der Waals surface area contributed by atoms with Crippen molar-refractivity contribution in [1.29, 1.82) is 0 Å². The Morgan fingerprint density at radius 1 is 1.00 bits per heavy atom. The van der Waals surface area contributed by atoms with E-state index in [0.717, 1.165) is 4.57 Å². The van der Waals surface area contributed by atoms with Crippen LogP contribution in [-0.2, 0) is 23.7 Å². The molecule has 0 aliphatic heterocycles. The fraction of sp³-hybridized carbons (Fsp3) is 0.176. The van der Waals surface area contributed by atoms with Crippen LogP contribution in [0.2, 0.25) is 0 Å². The summed E-state index contributed by atoms with van der Waals surface area (Å²) in [5.74, 6) is -0.609. The fourth-order valence-corrected chi connectivity index (χ4v) is 2.14.